The molecule has 6 nitrogen and oxygen atoms in total. The summed E-state index contributed by atoms with van der Waals surface area (Å²) in [4.78, 5) is 37.0. The summed E-state index contributed by atoms with van der Waals surface area (Å²) in [7, 11) is 1.36. The van der Waals surface area contributed by atoms with Crippen molar-refractivity contribution < 1.29 is 19.1 Å². The zero-order valence-electron chi connectivity index (χ0n) is 19.7. The van der Waals surface area contributed by atoms with Gasteiger partial charge in [0.15, 0.2) is 0 Å². The summed E-state index contributed by atoms with van der Waals surface area (Å²) in [5, 5.41) is 6.32. The molecule has 1 aromatic carbocycles. The van der Waals surface area contributed by atoms with E-state index in [9.17, 15) is 14.4 Å². The molecule has 0 radical (unpaired) electrons. The van der Waals surface area contributed by atoms with Gasteiger partial charge in [0.25, 0.3) is 0 Å². The molecule has 0 bridgehead atoms. The van der Waals surface area contributed by atoms with E-state index in [4.69, 9.17) is 4.74 Å². The van der Waals surface area contributed by atoms with Gasteiger partial charge in [-0.3, -0.25) is 9.59 Å². The van der Waals surface area contributed by atoms with E-state index in [0.29, 0.717) is 29.0 Å². The van der Waals surface area contributed by atoms with Crippen LogP contribution in [0.3, 0.4) is 0 Å². The van der Waals surface area contributed by atoms with Gasteiger partial charge >= 0.3 is 5.97 Å². The first kappa shape index (κ1) is 22.2. The van der Waals surface area contributed by atoms with Gasteiger partial charge in [0.05, 0.1) is 12.7 Å². The van der Waals surface area contributed by atoms with E-state index in [1.54, 1.807) is 30.3 Å². The maximum absolute atomic E-state index is 13.4. The summed E-state index contributed by atoms with van der Waals surface area (Å²) in [5.41, 5.74) is 1.20. The normalized spacial score (nSPS) is 39.0. The summed E-state index contributed by atoms with van der Waals surface area (Å²) in [6.07, 6.45) is 10.2. The van der Waals surface area contributed by atoms with E-state index in [-0.39, 0.29) is 40.6 Å². The first-order chi connectivity index (χ1) is 15.8. The molecule has 2 amide bonds. The number of nitrogens with one attached hydrogen (secondary N) is 2. The van der Waals surface area contributed by atoms with Gasteiger partial charge < -0.3 is 15.4 Å². The first-order valence-electron chi connectivity index (χ1n) is 12.3. The number of rotatable bonds is 3. The largest absolute Gasteiger partial charge is 0.465 e. The van der Waals surface area contributed by atoms with Crippen molar-refractivity contribution in [3.63, 3.8) is 0 Å². The summed E-state index contributed by atoms with van der Waals surface area (Å²) in [6, 6.07) is 7.13. The second kappa shape index (κ2) is 8.00. The molecule has 4 aliphatic rings. The van der Waals surface area contributed by atoms with Crippen LogP contribution in [0.15, 0.2) is 36.4 Å². The Labute approximate surface area is 195 Å². The lowest BCUT2D eigenvalue weighted by Gasteiger charge is -2.58. The molecule has 0 unspecified atom stereocenters. The molecular weight excluding hydrogens is 416 g/mol. The molecule has 0 spiro atoms. The second-order valence-electron chi connectivity index (χ2n) is 10.9. The molecule has 33 heavy (non-hydrogen) atoms. The maximum Gasteiger partial charge on any atom is 0.337 e. The number of fused-ring (bicyclic) bond motifs is 5. The molecule has 176 valence electrons. The van der Waals surface area contributed by atoms with Crippen LogP contribution >= 0.6 is 0 Å². The quantitative estimate of drug-likeness (QED) is 0.672. The lowest BCUT2D eigenvalue weighted by molar-refractivity contribution is -0.129. The SMILES string of the molecule is COC(=O)c1ccc(NC(=O)[C@H]2CC[C@H]3[C@@H]4CC[C@H]5NC(=O)C=C[C@]5(C)[C@H]4CC[C@]23C)cc1. The highest BCUT2D eigenvalue weighted by atomic mass is 16.5. The zero-order valence-corrected chi connectivity index (χ0v) is 19.7. The third-order valence-corrected chi connectivity index (χ3v) is 9.58. The van der Waals surface area contributed by atoms with Crippen molar-refractivity contribution in [3.8, 4) is 0 Å². The summed E-state index contributed by atoms with van der Waals surface area (Å²) < 4.78 is 4.75. The fraction of sp³-hybridized carbons (Fsp3) is 0.593. The molecule has 5 rings (SSSR count). The molecule has 3 fully saturated rings. The fourth-order valence-corrected chi connectivity index (χ4v) is 7.80. The van der Waals surface area contributed by atoms with Gasteiger partial charge in [-0.05, 0) is 92.0 Å². The van der Waals surface area contributed by atoms with Crippen molar-refractivity contribution in [1.29, 1.82) is 0 Å². The number of benzene rings is 1. The predicted octanol–water partition coefficient (Wildman–Crippen LogP) is 4.33. The minimum atomic E-state index is -0.383. The highest BCUT2D eigenvalue weighted by molar-refractivity contribution is 5.94. The van der Waals surface area contributed by atoms with Crippen LogP contribution in [0.4, 0.5) is 5.69 Å². The number of carbonyl (C=O) groups excluding carboxylic acids is 3. The Hall–Kier alpha value is -2.63. The Bertz CT molecular complexity index is 1000. The highest BCUT2D eigenvalue weighted by Gasteiger charge is 2.60. The van der Waals surface area contributed by atoms with Gasteiger partial charge in [0.1, 0.15) is 0 Å². The number of anilines is 1. The number of carbonyl (C=O) groups is 3. The highest BCUT2D eigenvalue weighted by Crippen LogP contribution is 2.65. The zero-order chi connectivity index (χ0) is 23.4. The van der Waals surface area contributed by atoms with Crippen LogP contribution in [0.5, 0.6) is 0 Å². The van der Waals surface area contributed by atoms with E-state index >= 15 is 0 Å². The topological polar surface area (TPSA) is 84.5 Å². The smallest absolute Gasteiger partial charge is 0.337 e. The van der Waals surface area contributed by atoms with E-state index in [1.807, 2.05) is 0 Å². The minimum absolute atomic E-state index is 0.00202. The molecule has 7 atom stereocenters. The van der Waals surface area contributed by atoms with Crippen LogP contribution < -0.4 is 10.6 Å². The van der Waals surface area contributed by atoms with E-state index in [2.05, 4.69) is 30.6 Å². The lowest BCUT2D eigenvalue weighted by Crippen LogP contribution is -2.59. The average Bonchev–Trinajstić information content (AvgIpc) is 3.17. The third kappa shape index (κ3) is 3.49. The van der Waals surface area contributed by atoms with Gasteiger partial charge in [-0.1, -0.05) is 19.9 Å². The molecule has 1 heterocycles. The Kier molecular flexibility index (Phi) is 5.37. The monoisotopic (exact) mass is 450 g/mol. The van der Waals surface area contributed by atoms with E-state index < -0.39 is 0 Å². The number of esters is 1. The first-order valence-corrected chi connectivity index (χ1v) is 12.3. The summed E-state index contributed by atoms with van der Waals surface area (Å²) in [5.74, 6) is 1.43. The molecule has 1 aromatic rings. The van der Waals surface area contributed by atoms with Gasteiger partial charge in [0, 0.05) is 23.1 Å². The standard InChI is InChI=1S/C27H34N2O4/c1-26-14-12-20-18(8-11-22-27(20,2)15-13-23(30)29-22)19(26)9-10-21(26)24(31)28-17-6-4-16(5-7-17)25(32)33-3/h4-7,13,15,18-22H,8-12,14H2,1-3H3,(H,28,31)(H,29,30)/t18-,19-,20-,21+,22+,26-,27+/m0/s1. The average molecular weight is 451 g/mol. The van der Waals surface area contributed by atoms with Crippen molar-refractivity contribution >= 4 is 23.5 Å². The number of amides is 2. The number of methoxy groups -OCH3 is 1. The molecule has 1 aliphatic heterocycles. The molecule has 0 aromatic heterocycles. The molecular formula is C27H34N2O4. The van der Waals surface area contributed by atoms with Crippen LogP contribution in [-0.4, -0.2) is 30.9 Å². The maximum atomic E-state index is 13.4. The van der Waals surface area contributed by atoms with Crippen LogP contribution in [0, 0.1) is 34.5 Å². The molecule has 2 N–H and O–H groups in total. The van der Waals surface area contributed by atoms with E-state index in [0.717, 1.165) is 38.5 Å². The Morgan fingerprint density at radius 2 is 1.79 bits per heavy atom. The van der Waals surface area contributed by atoms with Crippen molar-refractivity contribution in [2.24, 2.45) is 34.5 Å². The molecule has 3 aliphatic carbocycles. The van der Waals surface area contributed by atoms with Crippen molar-refractivity contribution in [2.75, 3.05) is 12.4 Å². The van der Waals surface area contributed by atoms with Gasteiger partial charge in [-0.25, -0.2) is 4.79 Å². The van der Waals surface area contributed by atoms with Gasteiger partial charge in [-0.2, -0.15) is 0 Å². The van der Waals surface area contributed by atoms with Crippen LogP contribution in [-0.2, 0) is 14.3 Å². The number of ether oxygens (including phenoxy) is 1. The molecule has 6 heteroatoms. The molecule has 0 saturated heterocycles. The van der Waals surface area contributed by atoms with Crippen LogP contribution in [0.2, 0.25) is 0 Å². The predicted molar refractivity (Wildman–Crippen MR) is 125 cm³/mol. The van der Waals surface area contributed by atoms with Crippen LogP contribution in [0.25, 0.3) is 0 Å². The number of hydrogen-bond acceptors (Lipinski definition) is 4. The molecule has 3 saturated carbocycles. The Morgan fingerprint density at radius 3 is 2.52 bits per heavy atom. The minimum Gasteiger partial charge on any atom is -0.465 e. The van der Waals surface area contributed by atoms with E-state index in [1.165, 1.54) is 7.11 Å². The Balaban J connectivity index is 1.32. The van der Waals surface area contributed by atoms with Crippen molar-refractivity contribution in [3.05, 3.63) is 42.0 Å². The lowest BCUT2D eigenvalue weighted by atomic mass is 9.48. The summed E-state index contributed by atoms with van der Waals surface area (Å²) in [6.45, 7) is 4.66. The second-order valence-corrected chi connectivity index (χ2v) is 10.9. The van der Waals surface area contributed by atoms with Gasteiger partial charge in [0.2, 0.25) is 11.8 Å². The third-order valence-electron chi connectivity index (χ3n) is 9.58. The van der Waals surface area contributed by atoms with Crippen LogP contribution in [0.1, 0.15) is 62.7 Å². The number of hydrogen-bond donors (Lipinski definition) is 2. The van der Waals surface area contributed by atoms with Crippen molar-refractivity contribution in [1.82, 2.24) is 5.32 Å². The Morgan fingerprint density at radius 1 is 1.03 bits per heavy atom. The summed E-state index contributed by atoms with van der Waals surface area (Å²) >= 11 is 0. The fourth-order valence-electron chi connectivity index (χ4n) is 7.80. The van der Waals surface area contributed by atoms with Gasteiger partial charge in [-0.15, -0.1) is 0 Å². The van der Waals surface area contributed by atoms with Crippen molar-refractivity contribution in [2.45, 2.75) is 58.4 Å².